The molecule has 0 amide bonds. The minimum Gasteiger partial charge on any atom is -0.508 e. The summed E-state index contributed by atoms with van der Waals surface area (Å²) in [6.45, 7) is 3.87. The molecule has 174 valence electrons. The summed E-state index contributed by atoms with van der Waals surface area (Å²) in [5.41, 5.74) is 1.97. The van der Waals surface area contributed by atoms with Gasteiger partial charge in [-0.2, -0.15) is 5.11 Å². The number of hydrogen-bond donors (Lipinski definition) is 3. The summed E-state index contributed by atoms with van der Waals surface area (Å²) >= 11 is 0. The average Bonchev–Trinajstić information content (AvgIpc) is 2.77. The quantitative estimate of drug-likeness (QED) is 0.263. The molecule has 33 heavy (non-hydrogen) atoms. The number of aromatic nitrogens is 2. The maximum atomic E-state index is 12.5. The molecule has 0 fully saturated rings. The smallest absolute Gasteiger partial charge is 0.264 e. The minimum absolute atomic E-state index is 0.00734. The van der Waals surface area contributed by atoms with Crippen LogP contribution in [0.2, 0.25) is 0 Å². The van der Waals surface area contributed by atoms with E-state index in [1.807, 2.05) is 0 Å². The van der Waals surface area contributed by atoms with Crippen LogP contribution < -0.4 is 4.72 Å². The molecule has 9 nitrogen and oxygen atoms in total. The van der Waals surface area contributed by atoms with Gasteiger partial charge in [-0.1, -0.05) is 26.2 Å². The zero-order chi connectivity index (χ0) is 23.8. The van der Waals surface area contributed by atoms with E-state index in [0.717, 1.165) is 25.7 Å². The van der Waals surface area contributed by atoms with Gasteiger partial charge in [-0.15, -0.1) is 5.11 Å². The van der Waals surface area contributed by atoms with Gasteiger partial charge in [-0.05, 0) is 61.7 Å². The first-order valence-electron chi connectivity index (χ1n) is 10.7. The number of unbranched alkanes of at least 4 members (excludes halogenated alkanes) is 3. The highest BCUT2D eigenvalue weighted by atomic mass is 32.2. The van der Waals surface area contributed by atoms with E-state index in [0.29, 0.717) is 23.4 Å². The molecule has 0 saturated carbocycles. The van der Waals surface area contributed by atoms with Crippen molar-refractivity contribution in [3.63, 3.8) is 0 Å². The molecule has 0 bridgehead atoms. The van der Waals surface area contributed by atoms with Crippen molar-refractivity contribution in [2.45, 2.75) is 50.8 Å². The molecule has 1 heterocycles. The van der Waals surface area contributed by atoms with E-state index < -0.39 is 10.0 Å². The molecule has 0 atom stereocenters. The van der Waals surface area contributed by atoms with Gasteiger partial charge in [0, 0.05) is 18.0 Å². The van der Waals surface area contributed by atoms with Crippen molar-refractivity contribution in [3.8, 4) is 11.5 Å². The zero-order valence-corrected chi connectivity index (χ0v) is 19.4. The van der Waals surface area contributed by atoms with Crippen LogP contribution in [-0.4, -0.2) is 28.6 Å². The van der Waals surface area contributed by atoms with Crippen LogP contribution in [0.15, 0.2) is 63.8 Å². The molecule has 0 aliphatic heterocycles. The Kier molecular flexibility index (Phi) is 7.94. The van der Waals surface area contributed by atoms with E-state index in [9.17, 15) is 18.6 Å². The summed E-state index contributed by atoms with van der Waals surface area (Å²) in [6.07, 6.45) is 6.40. The standard InChI is InChI=1S/C23H27N5O4S/c1-3-4-5-6-7-17-14-20(22(30)15-21(17)29)27-26-18-8-10-19(11-9-18)33(31,32)28-23-24-13-12-16(2)25-23/h8-15,29-30H,3-7H2,1-2H3,(H,24,25,28). The molecular weight excluding hydrogens is 442 g/mol. The highest BCUT2D eigenvalue weighted by Crippen LogP contribution is 2.35. The third-order valence-electron chi connectivity index (χ3n) is 4.92. The van der Waals surface area contributed by atoms with Gasteiger partial charge in [0.15, 0.2) is 0 Å². The van der Waals surface area contributed by atoms with E-state index in [-0.39, 0.29) is 28.0 Å². The largest absolute Gasteiger partial charge is 0.508 e. The first-order chi connectivity index (χ1) is 15.8. The fourth-order valence-corrected chi connectivity index (χ4v) is 4.06. The molecule has 3 aromatic rings. The third kappa shape index (κ3) is 6.72. The van der Waals surface area contributed by atoms with Crippen molar-refractivity contribution in [2.24, 2.45) is 10.2 Å². The van der Waals surface area contributed by atoms with Gasteiger partial charge >= 0.3 is 0 Å². The van der Waals surface area contributed by atoms with Crippen molar-refractivity contribution < 1.29 is 18.6 Å². The maximum Gasteiger partial charge on any atom is 0.264 e. The van der Waals surface area contributed by atoms with Crippen molar-refractivity contribution in [3.05, 3.63) is 59.9 Å². The SMILES string of the molecule is CCCCCCc1cc(N=Nc2ccc(S(=O)(=O)Nc3nccc(C)n3)cc2)c(O)cc1O. The summed E-state index contributed by atoms with van der Waals surface area (Å²) < 4.78 is 27.4. The van der Waals surface area contributed by atoms with E-state index >= 15 is 0 Å². The van der Waals surface area contributed by atoms with Crippen molar-refractivity contribution in [1.82, 2.24) is 9.97 Å². The van der Waals surface area contributed by atoms with E-state index in [2.05, 4.69) is 31.8 Å². The Labute approximate surface area is 193 Å². The predicted octanol–water partition coefficient (Wildman–Crippen LogP) is 5.54. The number of hydrogen-bond acceptors (Lipinski definition) is 8. The molecule has 0 saturated heterocycles. The number of azo groups is 1. The summed E-state index contributed by atoms with van der Waals surface area (Å²) in [5.74, 6) is -0.162. The van der Waals surface area contributed by atoms with Gasteiger partial charge in [0.2, 0.25) is 5.95 Å². The Bertz CT molecular complexity index is 1230. The Hall–Kier alpha value is -3.53. The minimum atomic E-state index is -3.86. The molecule has 2 aromatic carbocycles. The van der Waals surface area contributed by atoms with Gasteiger partial charge in [0.25, 0.3) is 10.0 Å². The van der Waals surface area contributed by atoms with Crippen LogP contribution in [0.5, 0.6) is 11.5 Å². The lowest BCUT2D eigenvalue weighted by molar-refractivity contribution is 0.445. The fourth-order valence-electron chi connectivity index (χ4n) is 3.11. The summed E-state index contributed by atoms with van der Waals surface area (Å²) in [6, 6.07) is 10.3. The first kappa shape index (κ1) is 24.1. The number of sulfonamides is 1. The van der Waals surface area contributed by atoms with Crippen molar-refractivity contribution in [1.29, 1.82) is 0 Å². The Morgan fingerprint density at radius 3 is 2.42 bits per heavy atom. The van der Waals surface area contributed by atoms with E-state index in [1.165, 1.54) is 36.5 Å². The lowest BCUT2D eigenvalue weighted by Gasteiger charge is -2.08. The number of benzene rings is 2. The van der Waals surface area contributed by atoms with E-state index in [4.69, 9.17) is 0 Å². The fraction of sp³-hybridized carbons (Fsp3) is 0.304. The van der Waals surface area contributed by atoms with Crippen molar-refractivity contribution in [2.75, 3.05) is 4.72 Å². The summed E-state index contributed by atoms with van der Waals surface area (Å²) in [4.78, 5) is 7.96. The third-order valence-corrected chi connectivity index (χ3v) is 6.26. The Morgan fingerprint density at radius 2 is 1.73 bits per heavy atom. The van der Waals surface area contributed by atoms with Crippen LogP contribution in [0.3, 0.4) is 0 Å². The van der Waals surface area contributed by atoms with Crippen molar-refractivity contribution >= 4 is 27.3 Å². The molecule has 0 radical (unpaired) electrons. The monoisotopic (exact) mass is 469 g/mol. The van der Waals surface area contributed by atoms with Gasteiger partial charge in [-0.3, -0.25) is 0 Å². The second kappa shape index (κ2) is 10.9. The molecule has 3 N–H and O–H groups in total. The Balaban J connectivity index is 1.72. The zero-order valence-electron chi connectivity index (χ0n) is 18.6. The normalized spacial score (nSPS) is 11.7. The predicted molar refractivity (Wildman–Crippen MR) is 126 cm³/mol. The van der Waals surface area contributed by atoms with E-state index in [1.54, 1.807) is 19.1 Å². The van der Waals surface area contributed by atoms with Crippen LogP contribution in [0, 0.1) is 6.92 Å². The molecule has 0 aliphatic carbocycles. The summed E-state index contributed by atoms with van der Waals surface area (Å²) in [7, 11) is -3.86. The highest BCUT2D eigenvalue weighted by Gasteiger charge is 2.15. The Morgan fingerprint density at radius 1 is 0.970 bits per heavy atom. The van der Waals surface area contributed by atoms with Gasteiger partial charge < -0.3 is 10.2 Å². The number of nitrogens with one attached hydrogen (secondary N) is 1. The number of rotatable bonds is 10. The highest BCUT2D eigenvalue weighted by molar-refractivity contribution is 7.92. The van der Waals surface area contributed by atoms with Gasteiger partial charge in [-0.25, -0.2) is 23.1 Å². The van der Waals surface area contributed by atoms with Crippen LogP contribution in [0.4, 0.5) is 17.3 Å². The molecule has 0 unspecified atom stereocenters. The molecule has 0 spiro atoms. The van der Waals surface area contributed by atoms with Gasteiger partial charge in [0.05, 0.1) is 10.6 Å². The number of nitrogens with zero attached hydrogens (tertiary/aromatic N) is 4. The van der Waals surface area contributed by atoms with Gasteiger partial charge in [0.1, 0.15) is 17.2 Å². The number of phenolic OH excluding ortho intramolecular Hbond substituents is 2. The molecule has 10 heteroatoms. The topological polar surface area (TPSA) is 137 Å². The second-order valence-corrected chi connectivity index (χ2v) is 9.28. The lowest BCUT2D eigenvalue weighted by Crippen LogP contribution is -2.15. The maximum absolute atomic E-state index is 12.5. The number of phenols is 2. The molecular formula is C23H27N5O4S. The number of aryl methyl sites for hydroxylation is 2. The molecule has 1 aromatic heterocycles. The lowest BCUT2D eigenvalue weighted by atomic mass is 10.0. The van der Waals surface area contributed by atoms with Crippen LogP contribution in [0.1, 0.15) is 43.9 Å². The van der Waals surface area contributed by atoms with Crippen LogP contribution in [-0.2, 0) is 16.4 Å². The molecule has 3 rings (SSSR count). The number of aromatic hydroxyl groups is 2. The first-order valence-corrected chi connectivity index (χ1v) is 12.2. The summed E-state index contributed by atoms with van der Waals surface area (Å²) in [5, 5.41) is 28.3. The van der Waals surface area contributed by atoms with Crippen LogP contribution in [0.25, 0.3) is 0 Å². The average molecular weight is 470 g/mol. The number of anilines is 1. The van der Waals surface area contributed by atoms with Crippen LogP contribution >= 0.6 is 0 Å². The second-order valence-electron chi connectivity index (χ2n) is 7.60. The molecule has 0 aliphatic rings.